The predicted molar refractivity (Wildman–Crippen MR) is 113 cm³/mol. The zero-order valence-corrected chi connectivity index (χ0v) is 17.1. The quantitative estimate of drug-likeness (QED) is 0.449. The van der Waals surface area contributed by atoms with E-state index in [1.807, 2.05) is 12.1 Å². The molecule has 0 saturated carbocycles. The van der Waals surface area contributed by atoms with Crippen LogP contribution in [0.25, 0.3) is 0 Å². The zero-order valence-electron chi connectivity index (χ0n) is 15.5. The fourth-order valence-corrected chi connectivity index (χ4v) is 3.60. The topological polar surface area (TPSA) is 66.8 Å². The van der Waals surface area contributed by atoms with Crippen molar-refractivity contribution in [3.8, 4) is 5.75 Å². The summed E-state index contributed by atoms with van der Waals surface area (Å²) in [6, 6.07) is 19.8. The maximum atomic E-state index is 12.3. The van der Waals surface area contributed by atoms with Gasteiger partial charge in [-0.1, -0.05) is 52.3 Å². The molecule has 0 bridgehead atoms. The number of nitrogens with zero attached hydrogens (tertiary/aromatic N) is 1. The molecule has 0 unspecified atom stereocenters. The Hall–Kier alpha value is -3.12. The van der Waals surface area contributed by atoms with Gasteiger partial charge in [-0.2, -0.15) is 0 Å². The van der Waals surface area contributed by atoms with Crippen LogP contribution in [-0.4, -0.2) is 23.5 Å². The molecule has 0 radical (unpaired) electrons. The largest absolute Gasteiger partial charge is 0.507 e. The van der Waals surface area contributed by atoms with Crippen LogP contribution in [0.2, 0.25) is 0 Å². The van der Waals surface area contributed by atoms with E-state index in [4.69, 9.17) is 4.74 Å². The van der Waals surface area contributed by atoms with Crippen molar-refractivity contribution in [1.29, 1.82) is 0 Å². The van der Waals surface area contributed by atoms with Gasteiger partial charge in [-0.3, -0.25) is 4.79 Å². The Balaban J connectivity index is 1.41. The second-order valence-corrected chi connectivity index (χ2v) is 7.75. The van der Waals surface area contributed by atoms with Gasteiger partial charge in [0.05, 0.1) is 0 Å². The van der Waals surface area contributed by atoms with Gasteiger partial charge in [-0.05, 0) is 35.4 Å². The third-order valence-corrected chi connectivity index (χ3v) is 5.44. The minimum absolute atomic E-state index is 0.0362. The molecule has 6 heteroatoms. The van der Waals surface area contributed by atoms with Gasteiger partial charge in [0.15, 0.2) is 12.4 Å². The van der Waals surface area contributed by atoms with E-state index in [1.54, 1.807) is 36.4 Å². The van der Waals surface area contributed by atoms with Crippen molar-refractivity contribution in [3.63, 3.8) is 0 Å². The number of fused-ring (bicyclic) bond motifs is 1. The Bertz CT molecular complexity index is 1050. The number of Topliss-reactive ketones (excluding diaryl/α,β-unsaturated/α-hetero) is 1. The van der Waals surface area contributed by atoms with E-state index in [0.717, 1.165) is 23.2 Å². The molecule has 0 fully saturated rings. The highest BCUT2D eigenvalue weighted by molar-refractivity contribution is 9.10. The molecule has 29 heavy (non-hydrogen) atoms. The van der Waals surface area contributed by atoms with Crippen LogP contribution in [-0.2, 0) is 17.8 Å². The highest BCUT2D eigenvalue weighted by Gasteiger charge is 2.21. The van der Waals surface area contributed by atoms with Crippen molar-refractivity contribution in [2.45, 2.75) is 13.1 Å². The standard InChI is InChI=1S/C23H18BrNO4/c24-18-7-5-15(6-8-18)22(27)14-29-23(28)20-10-9-19(11-21(20)26)25-12-16-3-1-2-4-17(16)13-25/h1-11,26H,12-14H2. The van der Waals surface area contributed by atoms with Crippen molar-refractivity contribution in [1.82, 2.24) is 0 Å². The van der Waals surface area contributed by atoms with Crippen molar-refractivity contribution in [3.05, 3.63) is 93.5 Å². The number of ether oxygens (including phenoxy) is 1. The van der Waals surface area contributed by atoms with Crippen LogP contribution >= 0.6 is 15.9 Å². The molecule has 3 aromatic carbocycles. The Morgan fingerprint density at radius 2 is 1.62 bits per heavy atom. The van der Waals surface area contributed by atoms with E-state index in [1.165, 1.54) is 17.2 Å². The smallest absolute Gasteiger partial charge is 0.342 e. The van der Waals surface area contributed by atoms with Crippen LogP contribution in [0.5, 0.6) is 5.75 Å². The molecule has 0 atom stereocenters. The number of hydrogen-bond acceptors (Lipinski definition) is 5. The molecule has 1 N–H and O–H groups in total. The number of anilines is 1. The number of phenols is 1. The lowest BCUT2D eigenvalue weighted by Crippen LogP contribution is -2.16. The Morgan fingerprint density at radius 1 is 0.966 bits per heavy atom. The van der Waals surface area contributed by atoms with E-state index >= 15 is 0 Å². The molecule has 3 aromatic rings. The molecule has 5 nitrogen and oxygen atoms in total. The van der Waals surface area contributed by atoms with Gasteiger partial charge in [0.25, 0.3) is 0 Å². The molecule has 1 aliphatic rings. The molecule has 0 spiro atoms. The number of hydrogen-bond donors (Lipinski definition) is 1. The van der Waals surface area contributed by atoms with Gasteiger partial charge < -0.3 is 14.7 Å². The first-order valence-electron chi connectivity index (χ1n) is 9.12. The molecule has 4 rings (SSSR count). The normalized spacial score (nSPS) is 12.5. The molecule has 1 heterocycles. The minimum atomic E-state index is -0.732. The summed E-state index contributed by atoms with van der Waals surface area (Å²) in [5.74, 6) is -1.21. The highest BCUT2D eigenvalue weighted by atomic mass is 79.9. The molecule has 0 aromatic heterocycles. The van der Waals surface area contributed by atoms with E-state index in [2.05, 4.69) is 33.0 Å². The number of aromatic hydroxyl groups is 1. The zero-order chi connectivity index (χ0) is 20.4. The number of esters is 1. The Kier molecular flexibility index (Phi) is 5.36. The molecule has 0 saturated heterocycles. The summed E-state index contributed by atoms with van der Waals surface area (Å²) in [7, 11) is 0. The van der Waals surface area contributed by atoms with Crippen LogP contribution in [0.4, 0.5) is 5.69 Å². The number of benzene rings is 3. The summed E-state index contributed by atoms with van der Waals surface area (Å²) >= 11 is 3.31. The monoisotopic (exact) mass is 451 g/mol. The number of carbonyl (C=O) groups excluding carboxylic acids is 2. The Labute approximate surface area is 176 Å². The first-order chi connectivity index (χ1) is 14.0. The van der Waals surface area contributed by atoms with Gasteiger partial charge in [-0.25, -0.2) is 4.79 Å². The van der Waals surface area contributed by atoms with Crippen LogP contribution in [0.3, 0.4) is 0 Å². The number of ketones is 1. The van der Waals surface area contributed by atoms with Crippen molar-refractivity contribution in [2.75, 3.05) is 11.5 Å². The minimum Gasteiger partial charge on any atom is -0.507 e. The van der Waals surface area contributed by atoms with Gasteiger partial charge in [0.1, 0.15) is 11.3 Å². The number of carbonyl (C=O) groups is 2. The summed E-state index contributed by atoms with van der Waals surface area (Å²) in [5, 5.41) is 10.3. The summed E-state index contributed by atoms with van der Waals surface area (Å²) in [4.78, 5) is 26.6. The SMILES string of the molecule is O=C(COC(=O)c1ccc(N2Cc3ccccc3C2)cc1O)c1ccc(Br)cc1. The van der Waals surface area contributed by atoms with Crippen LogP contribution in [0, 0.1) is 0 Å². The van der Waals surface area contributed by atoms with Crippen molar-refractivity contribution >= 4 is 33.4 Å². The maximum Gasteiger partial charge on any atom is 0.342 e. The van der Waals surface area contributed by atoms with Gasteiger partial charge in [0, 0.05) is 34.9 Å². The van der Waals surface area contributed by atoms with Gasteiger partial charge in [0.2, 0.25) is 0 Å². The first-order valence-corrected chi connectivity index (χ1v) is 9.91. The van der Waals surface area contributed by atoms with Crippen LogP contribution in [0.1, 0.15) is 31.8 Å². The van der Waals surface area contributed by atoms with Gasteiger partial charge >= 0.3 is 5.97 Å². The average Bonchev–Trinajstić information content (AvgIpc) is 3.16. The average molecular weight is 452 g/mol. The van der Waals surface area contributed by atoms with Crippen LogP contribution < -0.4 is 4.90 Å². The fraction of sp³-hybridized carbons (Fsp3) is 0.130. The van der Waals surface area contributed by atoms with Gasteiger partial charge in [-0.15, -0.1) is 0 Å². The molecule has 146 valence electrons. The summed E-state index contributed by atoms with van der Waals surface area (Å²) < 4.78 is 5.96. The molecule has 0 aliphatic carbocycles. The molecule has 0 amide bonds. The lowest BCUT2D eigenvalue weighted by molar-refractivity contribution is 0.0472. The summed E-state index contributed by atoms with van der Waals surface area (Å²) in [5.41, 5.74) is 3.81. The summed E-state index contributed by atoms with van der Waals surface area (Å²) in [6.07, 6.45) is 0. The van der Waals surface area contributed by atoms with Crippen molar-refractivity contribution < 1.29 is 19.4 Å². The molecular formula is C23H18BrNO4. The number of phenolic OH excluding ortho intramolecular Hbond substituents is 1. The predicted octanol–water partition coefficient (Wildman–Crippen LogP) is 4.71. The third kappa shape index (κ3) is 4.17. The highest BCUT2D eigenvalue weighted by Crippen LogP contribution is 2.31. The van der Waals surface area contributed by atoms with E-state index in [-0.39, 0.29) is 23.7 Å². The third-order valence-electron chi connectivity index (χ3n) is 4.91. The maximum absolute atomic E-state index is 12.3. The fourth-order valence-electron chi connectivity index (χ4n) is 3.33. The Morgan fingerprint density at radius 3 is 2.24 bits per heavy atom. The first kappa shape index (κ1) is 19.2. The molecular weight excluding hydrogens is 434 g/mol. The van der Waals surface area contributed by atoms with E-state index in [0.29, 0.717) is 5.56 Å². The lowest BCUT2D eigenvalue weighted by Gasteiger charge is -2.18. The molecule has 1 aliphatic heterocycles. The van der Waals surface area contributed by atoms with Crippen LogP contribution in [0.15, 0.2) is 71.2 Å². The summed E-state index contributed by atoms with van der Waals surface area (Å²) in [6.45, 7) is 1.12. The van der Waals surface area contributed by atoms with E-state index in [9.17, 15) is 14.7 Å². The number of halogens is 1. The van der Waals surface area contributed by atoms with Crippen molar-refractivity contribution in [2.24, 2.45) is 0 Å². The second kappa shape index (κ2) is 8.09. The van der Waals surface area contributed by atoms with E-state index < -0.39 is 5.97 Å². The lowest BCUT2D eigenvalue weighted by atomic mass is 10.1. The number of rotatable bonds is 5. The second-order valence-electron chi connectivity index (χ2n) is 6.83.